The Bertz CT molecular complexity index is 790. The minimum atomic E-state index is -0.556. The fourth-order valence-electron chi connectivity index (χ4n) is 2.05. The number of benzene rings is 2. The van der Waals surface area contributed by atoms with Gasteiger partial charge in [-0.3, -0.25) is 0 Å². The van der Waals surface area contributed by atoms with Gasteiger partial charge in [0.15, 0.2) is 5.75 Å². The fourth-order valence-corrected chi connectivity index (χ4v) is 2.55. The molecule has 0 saturated heterocycles. The summed E-state index contributed by atoms with van der Waals surface area (Å²) in [6.07, 6.45) is 1.57. The van der Waals surface area contributed by atoms with Gasteiger partial charge < -0.3 is 9.94 Å². The zero-order valence-corrected chi connectivity index (χ0v) is 12.6. The van der Waals surface area contributed by atoms with E-state index in [1.54, 1.807) is 6.08 Å². The van der Waals surface area contributed by atoms with Crippen LogP contribution in [0.3, 0.4) is 0 Å². The number of hydrogen-bond donors (Lipinski definition) is 1. The Morgan fingerprint density at radius 1 is 1.09 bits per heavy atom. The van der Waals surface area contributed by atoms with Crippen molar-refractivity contribution in [2.75, 3.05) is 0 Å². The van der Waals surface area contributed by atoms with Crippen LogP contribution >= 0.6 is 23.2 Å². The summed E-state index contributed by atoms with van der Waals surface area (Å²) in [5, 5.41) is 13.6. The van der Waals surface area contributed by atoms with Crippen LogP contribution in [-0.2, 0) is 9.63 Å². The number of nitrogens with zero attached hydrogens (tertiary/aromatic N) is 1. The number of phenols is 1. The monoisotopic (exact) mass is 333 g/mol. The Balaban J connectivity index is 2.06. The lowest BCUT2D eigenvalue weighted by atomic mass is 10.0. The van der Waals surface area contributed by atoms with Crippen LogP contribution in [0.25, 0.3) is 6.08 Å². The van der Waals surface area contributed by atoms with Crippen molar-refractivity contribution in [2.24, 2.45) is 5.16 Å². The lowest BCUT2D eigenvalue weighted by Gasteiger charge is -2.03. The van der Waals surface area contributed by atoms with E-state index in [4.69, 9.17) is 28.0 Å². The molecular weight excluding hydrogens is 325 g/mol. The lowest BCUT2D eigenvalue weighted by Crippen LogP contribution is -2.06. The summed E-state index contributed by atoms with van der Waals surface area (Å²) >= 11 is 11.8. The van der Waals surface area contributed by atoms with Crippen LogP contribution in [0, 0.1) is 0 Å². The van der Waals surface area contributed by atoms with Crippen molar-refractivity contribution in [3.8, 4) is 5.75 Å². The first-order valence-electron chi connectivity index (χ1n) is 6.31. The molecule has 0 aliphatic carbocycles. The molecule has 0 saturated carbocycles. The van der Waals surface area contributed by atoms with Crippen LogP contribution < -0.4 is 0 Å². The minimum absolute atomic E-state index is 0.101. The highest BCUT2D eigenvalue weighted by Gasteiger charge is 2.26. The molecule has 0 fully saturated rings. The molecule has 1 heterocycles. The minimum Gasteiger partial charge on any atom is -0.505 e. The number of rotatable bonds is 2. The first-order valence-corrected chi connectivity index (χ1v) is 7.06. The number of carbonyl (C=O) groups excluding carboxylic acids is 1. The highest BCUT2D eigenvalue weighted by atomic mass is 35.5. The molecule has 0 atom stereocenters. The van der Waals surface area contributed by atoms with Gasteiger partial charge in [0, 0.05) is 5.56 Å². The molecule has 6 heteroatoms. The molecule has 3 rings (SSSR count). The Kier molecular flexibility index (Phi) is 3.88. The van der Waals surface area contributed by atoms with Crippen molar-refractivity contribution >= 4 is 41.0 Å². The molecule has 2 aromatic rings. The van der Waals surface area contributed by atoms with Crippen molar-refractivity contribution in [3.05, 3.63) is 69.2 Å². The molecule has 1 N–H and O–H groups in total. The van der Waals surface area contributed by atoms with E-state index in [0.717, 1.165) is 5.56 Å². The standard InChI is InChI=1S/C16H9Cl2NO3/c17-12-7-9(8-13(18)15(12)20)6-11-14(19-22-16(11)21)10-4-2-1-3-5-10/h1-8,20H/b11-6-. The van der Waals surface area contributed by atoms with E-state index < -0.39 is 5.97 Å². The first kappa shape index (κ1) is 14.6. The molecule has 22 heavy (non-hydrogen) atoms. The maximum atomic E-state index is 11.9. The molecule has 2 aromatic carbocycles. The van der Waals surface area contributed by atoms with Gasteiger partial charge in [0.05, 0.1) is 15.6 Å². The van der Waals surface area contributed by atoms with E-state index in [2.05, 4.69) is 5.16 Å². The second kappa shape index (κ2) is 5.83. The topological polar surface area (TPSA) is 58.9 Å². The number of hydrogen-bond acceptors (Lipinski definition) is 4. The van der Waals surface area contributed by atoms with Crippen LogP contribution in [0.1, 0.15) is 11.1 Å². The number of carbonyl (C=O) groups is 1. The summed E-state index contributed by atoms with van der Waals surface area (Å²) in [7, 11) is 0. The van der Waals surface area contributed by atoms with E-state index >= 15 is 0 Å². The SMILES string of the molecule is O=C1ON=C(c2ccccc2)/C1=C/c1cc(Cl)c(O)c(Cl)c1. The molecule has 110 valence electrons. The average Bonchev–Trinajstić information content (AvgIpc) is 2.87. The third kappa shape index (κ3) is 2.71. The van der Waals surface area contributed by atoms with Gasteiger partial charge in [-0.25, -0.2) is 4.79 Å². The number of phenolic OH excluding ortho intramolecular Hbond substituents is 1. The summed E-state index contributed by atoms with van der Waals surface area (Å²) in [5.41, 5.74) is 2.05. The predicted octanol–water partition coefficient (Wildman–Crippen LogP) is 4.04. The van der Waals surface area contributed by atoms with Gasteiger partial charge >= 0.3 is 5.97 Å². The van der Waals surface area contributed by atoms with Gasteiger partial charge in [-0.2, -0.15) is 0 Å². The summed E-state index contributed by atoms with van der Waals surface area (Å²) in [5.74, 6) is -0.754. The summed E-state index contributed by atoms with van der Waals surface area (Å²) < 4.78 is 0. The van der Waals surface area contributed by atoms with E-state index in [-0.39, 0.29) is 15.8 Å². The molecule has 0 bridgehead atoms. The fraction of sp³-hybridized carbons (Fsp3) is 0. The second-order valence-electron chi connectivity index (χ2n) is 4.58. The number of oxime groups is 1. The smallest absolute Gasteiger partial charge is 0.368 e. The van der Waals surface area contributed by atoms with Gasteiger partial charge in [0.25, 0.3) is 0 Å². The maximum Gasteiger partial charge on any atom is 0.368 e. The van der Waals surface area contributed by atoms with Crippen molar-refractivity contribution in [3.63, 3.8) is 0 Å². The quantitative estimate of drug-likeness (QED) is 0.666. The van der Waals surface area contributed by atoms with Gasteiger partial charge in [-0.05, 0) is 23.8 Å². The summed E-state index contributed by atoms with van der Waals surface area (Å²) in [6, 6.07) is 12.2. The Morgan fingerprint density at radius 2 is 1.73 bits per heavy atom. The molecule has 0 aromatic heterocycles. The van der Waals surface area contributed by atoms with Crippen molar-refractivity contribution in [1.82, 2.24) is 0 Å². The number of halogens is 2. The van der Waals surface area contributed by atoms with E-state index in [1.165, 1.54) is 12.1 Å². The van der Waals surface area contributed by atoms with Gasteiger partial charge in [-0.15, -0.1) is 0 Å². The first-order chi connectivity index (χ1) is 10.6. The third-order valence-electron chi connectivity index (χ3n) is 3.09. The zero-order valence-electron chi connectivity index (χ0n) is 11.1. The molecule has 0 unspecified atom stereocenters. The van der Waals surface area contributed by atoms with Gasteiger partial charge in [0.2, 0.25) is 0 Å². The van der Waals surface area contributed by atoms with E-state index in [1.807, 2.05) is 30.3 Å². The maximum absolute atomic E-state index is 11.9. The average molecular weight is 334 g/mol. The van der Waals surface area contributed by atoms with Crippen LogP contribution in [0.4, 0.5) is 0 Å². The predicted molar refractivity (Wildman–Crippen MR) is 85.2 cm³/mol. The molecule has 1 aliphatic heterocycles. The van der Waals surface area contributed by atoms with Crippen LogP contribution in [-0.4, -0.2) is 16.8 Å². The van der Waals surface area contributed by atoms with Crippen LogP contribution in [0.2, 0.25) is 10.0 Å². The zero-order chi connectivity index (χ0) is 15.7. The lowest BCUT2D eigenvalue weighted by molar-refractivity contribution is -0.136. The molecule has 0 amide bonds. The molecule has 0 spiro atoms. The van der Waals surface area contributed by atoms with E-state index in [0.29, 0.717) is 16.8 Å². The Morgan fingerprint density at radius 3 is 2.36 bits per heavy atom. The second-order valence-corrected chi connectivity index (χ2v) is 5.39. The Hall–Kier alpha value is -2.30. The molecule has 4 nitrogen and oxygen atoms in total. The van der Waals surface area contributed by atoms with Crippen molar-refractivity contribution < 1.29 is 14.7 Å². The summed E-state index contributed by atoms with van der Waals surface area (Å²) in [4.78, 5) is 16.6. The van der Waals surface area contributed by atoms with Gasteiger partial charge in [-0.1, -0.05) is 58.7 Å². The van der Waals surface area contributed by atoms with E-state index in [9.17, 15) is 9.90 Å². The van der Waals surface area contributed by atoms with Crippen LogP contribution in [0.5, 0.6) is 5.75 Å². The van der Waals surface area contributed by atoms with Crippen LogP contribution in [0.15, 0.2) is 53.2 Å². The molecule has 0 radical (unpaired) electrons. The Labute approximate surface area is 136 Å². The normalized spacial score (nSPS) is 15.8. The highest BCUT2D eigenvalue weighted by Crippen LogP contribution is 2.34. The summed E-state index contributed by atoms with van der Waals surface area (Å²) in [6.45, 7) is 0. The van der Waals surface area contributed by atoms with Crippen molar-refractivity contribution in [1.29, 1.82) is 0 Å². The molecule has 1 aliphatic rings. The molecular formula is C16H9Cl2NO3. The largest absolute Gasteiger partial charge is 0.505 e. The number of aromatic hydroxyl groups is 1. The van der Waals surface area contributed by atoms with Gasteiger partial charge in [0.1, 0.15) is 5.71 Å². The van der Waals surface area contributed by atoms with Crippen molar-refractivity contribution in [2.45, 2.75) is 0 Å². The highest BCUT2D eigenvalue weighted by molar-refractivity contribution is 6.37. The third-order valence-corrected chi connectivity index (χ3v) is 3.67.